The lowest BCUT2D eigenvalue weighted by Crippen LogP contribution is -2.25. The predicted octanol–water partition coefficient (Wildman–Crippen LogP) is 3.24. The highest BCUT2D eigenvalue weighted by atomic mass is 32.1. The molecule has 0 atom stereocenters. The Labute approximate surface area is 88.6 Å². The van der Waals surface area contributed by atoms with Gasteiger partial charge in [-0.05, 0) is 43.2 Å². The van der Waals surface area contributed by atoms with Crippen molar-refractivity contribution in [3.05, 3.63) is 17.5 Å². The van der Waals surface area contributed by atoms with Crippen LogP contribution >= 0.6 is 11.3 Å². The van der Waals surface area contributed by atoms with Crippen molar-refractivity contribution in [1.82, 2.24) is 0 Å². The van der Waals surface area contributed by atoms with E-state index in [9.17, 15) is 0 Å². The predicted molar refractivity (Wildman–Crippen MR) is 59.3 cm³/mol. The molecule has 0 saturated heterocycles. The quantitative estimate of drug-likeness (QED) is 0.806. The summed E-state index contributed by atoms with van der Waals surface area (Å²) in [5, 5.41) is 15.6. The number of nitriles is 1. The smallest absolute Gasteiger partial charge is 0.0884 e. The van der Waals surface area contributed by atoms with E-state index in [0.717, 1.165) is 25.7 Å². The highest BCUT2D eigenvalue weighted by Crippen LogP contribution is 2.27. The van der Waals surface area contributed by atoms with E-state index in [-0.39, 0.29) is 0 Å². The first-order valence-corrected chi connectivity index (χ1v) is 5.96. The van der Waals surface area contributed by atoms with Gasteiger partial charge in [-0.3, -0.25) is 0 Å². The zero-order chi connectivity index (χ0) is 9.80. The van der Waals surface area contributed by atoms with Crippen LogP contribution in [0.4, 0.5) is 5.00 Å². The van der Waals surface area contributed by atoms with E-state index >= 15 is 0 Å². The SMILES string of the molecule is N#CC1CCC(Nc2cccs2)CC1. The van der Waals surface area contributed by atoms with Crippen LogP contribution in [0.1, 0.15) is 25.7 Å². The van der Waals surface area contributed by atoms with Crippen molar-refractivity contribution in [2.75, 3.05) is 5.32 Å². The molecule has 0 bridgehead atoms. The molecule has 0 unspecified atom stereocenters. The van der Waals surface area contributed by atoms with Crippen LogP contribution in [-0.2, 0) is 0 Å². The molecule has 1 saturated carbocycles. The number of anilines is 1. The van der Waals surface area contributed by atoms with Crippen LogP contribution in [0.25, 0.3) is 0 Å². The third-order valence-electron chi connectivity index (χ3n) is 2.78. The number of hydrogen-bond donors (Lipinski definition) is 1. The van der Waals surface area contributed by atoms with Gasteiger partial charge in [0, 0.05) is 12.0 Å². The second-order valence-corrected chi connectivity index (χ2v) is 4.75. The second kappa shape index (κ2) is 4.47. The van der Waals surface area contributed by atoms with Crippen molar-refractivity contribution < 1.29 is 0 Å². The summed E-state index contributed by atoms with van der Waals surface area (Å²) in [6.07, 6.45) is 4.38. The topological polar surface area (TPSA) is 35.8 Å². The molecule has 0 spiro atoms. The maximum Gasteiger partial charge on any atom is 0.0884 e. The van der Waals surface area contributed by atoms with E-state index < -0.39 is 0 Å². The lowest BCUT2D eigenvalue weighted by Gasteiger charge is -2.25. The van der Waals surface area contributed by atoms with Gasteiger partial charge in [-0.1, -0.05) is 0 Å². The summed E-state index contributed by atoms with van der Waals surface area (Å²) in [6.45, 7) is 0. The molecule has 14 heavy (non-hydrogen) atoms. The summed E-state index contributed by atoms with van der Waals surface area (Å²) in [5.74, 6) is 0.302. The summed E-state index contributed by atoms with van der Waals surface area (Å²) in [4.78, 5) is 0. The zero-order valence-electron chi connectivity index (χ0n) is 8.07. The molecule has 2 rings (SSSR count). The van der Waals surface area contributed by atoms with Crippen molar-refractivity contribution in [3.8, 4) is 6.07 Å². The lowest BCUT2D eigenvalue weighted by molar-refractivity contribution is 0.398. The summed E-state index contributed by atoms with van der Waals surface area (Å²) < 4.78 is 0. The molecule has 74 valence electrons. The van der Waals surface area contributed by atoms with E-state index in [2.05, 4.69) is 28.9 Å². The Kier molecular flexibility index (Phi) is 3.05. The van der Waals surface area contributed by atoms with Crippen LogP contribution in [-0.4, -0.2) is 6.04 Å². The van der Waals surface area contributed by atoms with Gasteiger partial charge >= 0.3 is 0 Å². The molecule has 1 heterocycles. The maximum absolute atomic E-state index is 8.77. The molecule has 2 nitrogen and oxygen atoms in total. The van der Waals surface area contributed by atoms with Crippen LogP contribution in [0.3, 0.4) is 0 Å². The largest absolute Gasteiger partial charge is 0.374 e. The van der Waals surface area contributed by atoms with Gasteiger partial charge in [0.1, 0.15) is 0 Å². The molecule has 3 heteroatoms. The molecule has 1 aliphatic carbocycles. The fourth-order valence-electron chi connectivity index (χ4n) is 1.93. The standard InChI is InChI=1S/C11H14N2S/c12-8-9-3-5-10(6-4-9)13-11-2-1-7-14-11/h1-2,7,9-10,13H,3-6H2. The Bertz CT molecular complexity index is 305. The van der Waals surface area contributed by atoms with E-state index in [1.54, 1.807) is 11.3 Å². The van der Waals surface area contributed by atoms with Gasteiger partial charge in [-0.25, -0.2) is 0 Å². The Morgan fingerprint density at radius 2 is 2.14 bits per heavy atom. The van der Waals surface area contributed by atoms with E-state index in [1.165, 1.54) is 5.00 Å². The van der Waals surface area contributed by atoms with E-state index in [1.807, 2.05) is 0 Å². The molecule has 1 N–H and O–H groups in total. The molecule has 1 aromatic heterocycles. The molecule has 1 fully saturated rings. The molecule has 1 aliphatic rings. The first-order chi connectivity index (χ1) is 6.88. The zero-order valence-corrected chi connectivity index (χ0v) is 8.89. The van der Waals surface area contributed by atoms with Crippen molar-refractivity contribution in [3.63, 3.8) is 0 Å². The average Bonchev–Trinajstić information content (AvgIpc) is 2.72. The number of rotatable bonds is 2. The number of thiophene rings is 1. The van der Waals surface area contributed by atoms with Gasteiger partial charge in [-0.2, -0.15) is 5.26 Å². The minimum absolute atomic E-state index is 0.302. The maximum atomic E-state index is 8.77. The first-order valence-electron chi connectivity index (χ1n) is 5.08. The van der Waals surface area contributed by atoms with Crippen LogP contribution < -0.4 is 5.32 Å². The minimum atomic E-state index is 0.302. The fourth-order valence-corrected chi connectivity index (χ4v) is 2.62. The van der Waals surface area contributed by atoms with Gasteiger partial charge in [0.05, 0.1) is 11.1 Å². The Morgan fingerprint density at radius 1 is 1.36 bits per heavy atom. The van der Waals surface area contributed by atoms with Crippen molar-refractivity contribution in [1.29, 1.82) is 5.26 Å². The highest BCUT2D eigenvalue weighted by molar-refractivity contribution is 7.14. The molecule has 0 aromatic carbocycles. The molecule has 0 amide bonds. The average molecular weight is 206 g/mol. The van der Waals surface area contributed by atoms with Crippen LogP contribution in [0, 0.1) is 17.2 Å². The van der Waals surface area contributed by atoms with Crippen LogP contribution in [0.15, 0.2) is 17.5 Å². The summed E-state index contributed by atoms with van der Waals surface area (Å²) in [6, 6.07) is 7.12. The highest BCUT2D eigenvalue weighted by Gasteiger charge is 2.20. The van der Waals surface area contributed by atoms with Crippen LogP contribution in [0.2, 0.25) is 0 Å². The summed E-state index contributed by atoms with van der Waals surface area (Å²) >= 11 is 1.75. The Balaban J connectivity index is 1.82. The monoisotopic (exact) mass is 206 g/mol. The van der Waals surface area contributed by atoms with Gasteiger partial charge in [-0.15, -0.1) is 11.3 Å². The molecular weight excluding hydrogens is 192 g/mol. The van der Waals surface area contributed by atoms with Gasteiger partial charge < -0.3 is 5.32 Å². The molecular formula is C11H14N2S. The molecule has 0 radical (unpaired) electrons. The summed E-state index contributed by atoms with van der Waals surface area (Å²) in [7, 11) is 0. The molecule has 0 aliphatic heterocycles. The normalized spacial score (nSPS) is 26.8. The lowest BCUT2D eigenvalue weighted by atomic mass is 9.87. The van der Waals surface area contributed by atoms with Gasteiger partial charge in [0.2, 0.25) is 0 Å². The summed E-state index contributed by atoms with van der Waals surface area (Å²) in [5.41, 5.74) is 0. The first kappa shape index (κ1) is 9.54. The van der Waals surface area contributed by atoms with Crippen molar-refractivity contribution in [2.24, 2.45) is 5.92 Å². The van der Waals surface area contributed by atoms with Crippen LogP contribution in [0.5, 0.6) is 0 Å². The minimum Gasteiger partial charge on any atom is -0.374 e. The van der Waals surface area contributed by atoms with Gasteiger partial charge in [0.25, 0.3) is 0 Å². The number of hydrogen-bond acceptors (Lipinski definition) is 3. The van der Waals surface area contributed by atoms with E-state index in [0.29, 0.717) is 12.0 Å². The van der Waals surface area contributed by atoms with Crippen molar-refractivity contribution >= 4 is 16.3 Å². The van der Waals surface area contributed by atoms with Crippen molar-refractivity contribution in [2.45, 2.75) is 31.7 Å². The number of nitrogens with zero attached hydrogens (tertiary/aromatic N) is 1. The Morgan fingerprint density at radius 3 is 2.71 bits per heavy atom. The second-order valence-electron chi connectivity index (χ2n) is 3.80. The van der Waals surface area contributed by atoms with E-state index in [4.69, 9.17) is 5.26 Å². The Hall–Kier alpha value is -1.01. The third-order valence-corrected chi connectivity index (χ3v) is 3.58. The third kappa shape index (κ3) is 2.27. The number of nitrogens with one attached hydrogen (secondary N) is 1. The fraction of sp³-hybridized carbons (Fsp3) is 0.545. The van der Waals surface area contributed by atoms with Gasteiger partial charge in [0.15, 0.2) is 0 Å². The molecule has 1 aromatic rings.